The van der Waals surface area contributed by atoms with E-state index in [2.05, 4.69) is 20.7 Å². The molecule has 0 aliphatic heterocycles. The van der Waals surface area contributed by atoms with Crippen LogP contribution < -0.4 is 10.6 Å². The van der Waals surface area contributed by atoms with Gasteiger partial charge in [0.15, 0.2) is 0 Å². The van der Waals surface area contributed by atoms with Gasteiger partial charge in [0.2, 0.25) is 0 Å². The largest absolute Gasteiger partial charge is 0.331 e. The average molecular weight is 349 g/mol. The number of pyridine rings is 1. The maximum absolute atomic E-state index is 12.3. The van der Waals surface area contributed by atoms with Gasteiger partial charge in [-0.25, -0.2) is 9.48 Å². The van der Waals surface area contributed by atoms with Crippen molar-refractivity contribution in [3.05, 3.63) is 66.6 Å². The molecule has 0 spiro atoms. The van der Waals surface area contributed by atoms with Gasteiger partial charge < -0.3 is 5.32 Å². The summed E-state index contributed by atoms with van der Waals surface area (Å²) in [5.41, 5.74) is 3.20. The van der Waals surface area contributed by atoms with Crippen LogP contribution in [0.3, 0.4) is 0 Å². The fourth-order valence-electron chi connectivity index (χ4n) is 2.75. The minimum atomic E-state index is -0.253. The van der Waals surface area contributed by atoms with E-state index in [4.69, 9.17) is 0 Å². The second-order valence-electron chi connectivity index (χ2n) is 6.44. The minimum absolute atomic E-state index is 0.117. The maximum atomic E-state index is 12.3. The summed E-state index contributed by atoms with van der Waals surface area (Å²) in [6, 6.07) is 13.6. The summed E-state index contributed by atoms with van der Waals surface area (Å²) in [5.74, 6) is 0.677. The zero-order valence-electron chi connectivity index (χ0n) is 15.2. The third-order valence-electron chi connectivity index (χ3n) is 4.15. The van der Waals surface area contributed by atoms with Crippen LogP contribution in [0.4, 0.5) is 10.6 Å². The Labute approximate surface area is 153 Å². The zero-order chi connectivity index (χ0) is 18.5. The Hall–Kier alpha value is -3.15. The van der Waals surface area contributed by atoms with Gasteiger partial charge >= 0.3 is 6.03 Å². The standard InChI is InChI=1S/C20H23N5O/c1-14(2)25-19(10-12-22-25)24-20(26)23-15(3)16-6-8-17(9-7-16)18-5-4-11-21-13-18/h4-15H,1-3H3,(H2,23,24,26)/t15-/m1/s1. The van der Waals surface area contributed by atoms with E-state index in [1.165, 1.54) is 0 Å². The maximum Gasteiger partial charge on any atom is 0.320 e. The quantitative estimate of drug-likeness (QED) is 0.717. The summed E-state index contributed by atoms with van der Waals surface area (Å²) in [5, 5.41) is 10.0. The Bertz CT molecular complexity index is 855. The molecule has 0 saturated carbocycles. The van der Waals surface area contributed by atoms with Crippen LogP contribution in [0.25, 0.3) is 11.1 Å². The summed E-state index contributed by atoms with van der Waals surface area (Å²) in [4.78, 5) is 16.4. The molecule has 3 aromatic rings. The van der Waals surface area contributed by atoms with E-state index in [1.807, 2.05) is 63.4 Å². The molecule has 2 aromatic heterocycles. The molecule has 1 aromatic carbocycles. The second kappa shape index (κ2) is 7.82. The molecule has 0 aliphatic rings. The van der Waals surface area contributed by atoms with Crippen LogP contribution in [-0.2, 0) is 0 Å². The average Bonchev–Trinajstić information content (AvgIpc) is 3.11. The number of hydrogen-bond donors (Lipinski definition) is 2. The lowest BCUT2D eigenvalue weighted by Gasteiger charge is -2.17. The van der Waals surface area contributed by atoms with Crippen molar-refractivity contribution >= 4 is 11.8 Å². The van der Waals surface area contributed by atoms with Crippen molar-refractivity contribution in [3.8, 4) is 11.1 Å². The highest BCUT2D eigenvalue weighted by Gasteiger charge is 2.13. The molecule has 0 fully saturated rings. The lowest BCUT2D eigenvalue weighted by Crippen LogP contribution is -2.32. The minimum Gasteiger partial charge on any atom is -0.331 e. The normalized spacial score (nSPS) is 12.0. The van der Waals surface area contributed by atoms with Gasteiger partial charge in [-0.3, -0.25) is 10.3 Å². The van der Waals surface area contributed by atoms with Crippen LogP contribution in [0.15, 0.2) is 61.1 Å². The number of rotatable bonds is 5. The first-order valence-electron chi connectivity index (χ1n) is 8.66. The number of anilines is 1. The molecule has 2 heterocycles. The first-order chi connectivity index (χ1) is 12.5. The van der Waals surface area contributed by atoms with Crippen molar-refractivity contribution in [2.75, 3.05) is 5.32 Å². The summed E-state index contributed by atoms with van der Waals surface area (Å²) in [7, 11) is 0. The van der Waals surface area contributed by atoms with Crippen molar-refractivity contribution in [1.29, 1.82) is 0 Å². The first kappa shape index (κ1) is 17.7. The SMILES string of the molecule is CC(C)n1nccc1NC(=O)N[C@H](C)c1ccc(-c2cccnc2)cc1. The van der Waals surface area contributed by atoms with Gasteiger partial charge in [0.05, 0.1) is 12.2 Å². The van der Waals surface area contributed by atoms with E-state index in [0.29, 0.717) is 5.82 Å². The van der Waals surface area contributed by atoms with Gasteiger partial charge in [0.25, 0.3) is 0 Å². The smallest absolute Gasteiger partial charge is 0.320 e. The van der Waals surface area contributed by atoms with Gasteiger partial charge in [-0.15, -0.1) is 0 Å². The molecular formula is C20H23N5O. The van der Waals surface area contributed by atoms with Crippen LogP contribution in [0.5, 0.6) is 0 Å². The predicted octanol–water partition coefficient (Wildman–Crippen LogP) is 4.41. The number of urea groups is 1. The number of carbonyl (C=O) groups excluding carboxylic acids is 1. The highest BCUT2D eigenvalue weighted by molar-refractivity contribution is 5.88. The van der Waals surface area contributed by atoms with Crippen molar-refractivity contribution < 1.29 is 4.79 Å². The number of carbonyl (C=O) groups is 1. The van der Waals surface area contributed by atoms with Crippen molar-refractivity contribution in [2.45, 2.75) is 32.9 Å². The van der Waals surface area contributed by atoms with Crippen molar-refractivity contribution in [1.82, 2.24) is 20.1 Å². The third-order valence-corrected chi connectivity index (χ3v) is 4.15. The van der Waals surface area contributed by atoms with Crippen LogP contribution in [-0.4, -0.2) is 20.8 Å². The first-order valence-corrected chi connectivity index (χ1v) is 8.66. The fraction of sp³-hybridized carbons (Fsp3) is 0.250. The molecule has 2 amide bonds. The van der Waals surface area contributed by atoms with Gasteiger partial charge in [-0.2, -0.15) is 5.10 Å². The molecule has 0 radical (unpaired) electrons. The van der Waals surface area contributed by atoms with Crippen molar-refractivity contribution in [2.24, 2.45) is 0 Å². The van der Waals surface area contributed by atoms with Gasteiger partial charge in [0.1, 0.15) is 5.82 Å². The number of nitrogens with one attached hydrogen (secondary N) is 2. The molecule has 0 bridgehead atoms. The van der Waals surface area contributed by atoms with E-state index < -0.39 is 0 Å². The van der Waals surface area contributed by atoms with E-state index in [0.717, 1.165) is 16.7 Å². The molecule has 1 atom stereocenters. The van der Waals surface area contributed by atoms with Crippen molar-refractivity contribution in [3.63, 3.8) is 0 Å². The molecule has 3 rings (SSSR count). The number of nitrogens with zero attached hydrogens (tertiary/aromatic N) is 3. The third kappa shape index (κ3) is 4.08. The Balaban J connectivity index is 1.63. The monoisotopic (exact) mass is 349 g/mol. The van der Waals surface area contributed by atoms with Crippen LogP contribution in [0.1, 0.15) is 38.4 Å². The highest BCUT2D eigenvalue weighted by Crippen LogP contribution is 2.21. The molecule has 0 saturated heterocycles. The molecule has 6 heteroatoms. The summed E-state index contributed by atoms with van der Waals surface area (Å²) < 4.78 is 1.77. The molecular weight excluding hydrogens is 326 g/mol. The number of amides is 2. The topological polar surface area (TPSA) is 71.8 Å². The summed E-state index contributed by atoms with van der Waals surface area (Å²) >= 11 is 0. The van der Waals surface area contributed by atoms with Gasteiger partial charge in [-0.1, -0.05) is 30.3 Å². The van der Waals surface area contributed by atoms with Gasteiger partial charge in [-0.05, 0) is 43.5 Å². The van der Waals surface area contributed by atoms with Gasteiger partial charge in [0, 0.05) is 24.5 Å². The summed E-state index contributed by atoms with van der Waals surface area (Å²) in [6.07, 6.45) is 5.27. The lowest BCUT2D eigenvalue weighted by molar-refractivity contribution is 0.249. The number of aromatic nitrogens is 3. The molecule has 134 valence electrons. The van der Waals surface area contributed by atoms with E-state index in [9.17, 15) is 4.79 Å². The molecule has 6 nitrogen and oxygen atoms in total. The Morgan fingerprint density at radius 2 is 1.77 bits per heavy atom. The van der Waals surface area contributed by atoms with Crippen LogP contribution in [0.2, 0.25) is 0 Å². The van der Waals surface area contributed by atoms with E-state index in [1.54, 1.807) is 23.1 Å². The van der Waals surface area contributed by atoms with E-state index >= 15 is 0 Å². The summed E-state index contributed by atoms with van der Waals surface area (Å²) in [6.45, 7) is 5.99. The molecule has 0 aliphatic carbocycles. The highest BCUT2D eigenvalue weighted by atomic mass is 16.2. The predicted molar refractivity (Wildman–Crippen MR) is 103 cm³/mol. The molecule has 2 N–H and O–H groups in total. The van der Waals surface area contributed by atoms with Crippen LogP contribution >= 0.6 is 0 Å². The second-order valence-corrected chi connectivity index (χ2v) is 6.44. The molecule has 26 heavy (non-hydrogen) atoms. The molecule has 0 unspecified atom stereocenters. The Morgan fingerprint density at radius 3 is 2.42 bits per heavy atom. The number of benzene rings is 1. The Morgan fingerprint density at radius 1 is 1.00 bits per heavy atom. The fourth-order valence-corrected chi connectivity index (χ4v) is 2.75. The Kier molecular flexibility index (Phi) is 5.31. The zero-order valence-corrected chi connectivity index (χ0v) is 15.2. The van der Waals surface area contributed by atoms with Crippen LogP contribution in [0, 0.1) is 0 Å². The van der Waals surface area contributed by atoms with E-state index in [-0.39, 0.29) is 18.1 Å². The lowest BCUT2D eigenvalue weighted by atomic mass is 10.0. The number of hydrogen-bond acceptors (Lipinski definition) is 3.